The van der Waals surface area contributed by atoms with Crippen LogP contribution in [0.2, 0.25) is 38.8 Å². The van der Waals surface area contributed by atoms with Crippen molar-refractivity contribution >= 4 is 45.7 Å². The molecule has 1 heterocycles. The fraction of sp³-hybridized carbons (Fsp3) is 1.00. The van der Waals surface area contributed by atoms with Crippen molar-refractivity contribution < 1.29 is 33.7 Å². The minimum atomic E-state index is -4.23. The first-order chi connectivity index (χ1) is 9.33. The van der Waals surface area contributed by atoms with E-state index in [2.05, 4.69) is 0 Å². The van der Waals surface area contributed by atoms with Crippen molar-refractivity contribution in [2.45, 2.75) is 51.4 Å². The molecule has 21 heavy (non-hydrogen) atoms. The maximum atomic E-state index is 12.5. The standard InChI is InChI=1S/C8H19F3O5Si5/c1-19(2)13-17-12-18-14-21(5,7-6-8(9,10)11)16-20(3,4)15-19/h6-7H2,1-5H3. The van der Waals surface area contributed by atoms with Crippen molar-refractivity contribution in [2.75, 3.05) is 0 Å². The zero-order valence-electron chi connectivity index (χ0n) is 12.6. The summed E-state index contributed by atoms with van der Waals surface area (Å²) in [7, 11) is -8.66. The van der Waals surface area contributed by atoms with Gasteiger partial charge in [0.15, 0.2) is 0 Å². The number of halogens is 3. The van der Waals surface area contributed by atoms with E-state index < -0.39 is 38.3 Å². The molecule has 1 aliphatic heterocycles. The maximum Gasteiger partial charge on any atom is 0.413 e. The third-order valence-electron chi connectivity index (χ3n) is 2.44. The average Bonchev–Trinajstić information content (AvgIpc) is 2.21. The molecular weight excluding hydrogens is 374 g/mol. The molecule has 13 heteroatoms. The molecule has 0 aromatic carbocycles. The van der Waals surface area contributed by atoms with Gasteiger partial charge in [0.2, 0.25) is 0 Å². The summed E-state index contributed by atoms with van der Waals surface area (Å²) in [4.78, 5) is 0. The van der Waals surface area contributed by atoms with Gasteiger partial charge in [-0.05, 0) is 38.8 Å². The van der Waals surface area contributed by atoms with E-state index >= 15 is 0 Å². The lowest BCUT2D eigenvalue weighted by atomic mass is 10.5. The van der Waals surface area contributed by atoms with Gasteiger partial charge in [0.1, 0.15) is 0 Å². The highest BCUT2D eigenvalue weighted by Crippen LogP contribution is 2.30. The molecular formula is C8H19F3O5Si5. The van der Waals surface area contributed by atoms with Crippen LogP contribution in [0.1, 0.15) is 6.42 Å². The third kappa shape index (κ3) is 8.19. The van der Waals surface area contributed by atoms with Crippen LogP contribution < -0.4 is 0 Å². The van der Waals surface area contributed by atoms with Gasteiger partial charge in [-0.15, -0.1) is 0 Å². The van der Waals surface area contributed by atoms with Crippen molar-refractivity contribution in [2.24, 2.45) is 0 Å². The first kappa shape index (κ1) is 19.7. The van der Waals surface area contributed by atoms with Crippen LogP contribution >= 0.6 is 0 Å². The average molecular weight is 393 g/mol. The molecule has 5 nitrogen and oxygen atoms in total. The molecule has 4 radical (unpaired) electrons. The van der Waals surface area contributed by atoms with E-state index in [-0.39, 0.29) is 26.1 Å². The van der Waals surface area contributed by atoms with Crippen LogP contribution in [-0.2, 0) is 20.6 Å². The Morgan fingerprint density at radius 2 is 1.43 bits per heavy atom. The summed E-state index contributed by atoms with van der Waals surface area (Å²) in [5, 5.41) is 0. The highest BCUT2D eigenvalue weighted by atomic mass is 28.5. The van der Waals surface area contributed by atoms with E-state index in [4.69, 9.17) is 20.6 Å². The smallest absolute Gasteiger partial charge is 0.413 e. The molecule has 1 rings (SSSR count). The van der Waals surface area contributed by atoms with Crippen LogP contribution in [0, 0.1) is 0 Å². The Labute approximate surface area is 131 Å². The first-order valence-electron chi connectivity index (χ1n) is 6.32. The summed E-state index contributed by atoms with van der Waals surface area (Å²) < 4.78 is 65.6. The lowest BCUT2D eigenvalue weighted by molar-refractivity contribution is -0.131. The predicted octanol–water partition coefficient (Wildman–Crippen LogP) is 2.58. The Morgan fingerprint density at radius 3 is 2.00 bits per heavy atom. The minimum Gasteiger partial charge on any atom is -0.416 e. The van der Waals surface area contributed by atoms with E-state index in [0.29, 0.717) is 0 Å². The molecule has 0 aromatic rings. The Kier molecular flexibility index (Phi) is 6.63. The third-order valence-corrected chi connectivity index (χ3v) is 16.3. The Bertz CT molecular complexity index is 356. The largest absolute Gasteiger partial charge is 0.416 e. The molecule has 0 spiro atoms. The van der Waals surface area contributed by atoms with Gasteiger partial charge in [-0.2, -0.15) is 13.2 Å². The molecule has 0 amide bonds. The zero-order valence-corrected chi connectivity index (χ0v) is 17.6. The van der Waals surface area contributed by atoms with Crippen molar-refractivity contribution in [3.05, 3.63) is 0 Å². The van der Waals surface area contributed by atoms with Crippen LogP contribution in [0.4, 0.5) is 13.2 Å². The molecule has 0 bridgehead atoms. The Hall–Kier alpha value is 0.674. The van der Waals surface area contributed by atoms with Gasteiger partial charge in [-0.25, -0.2) is 0 Å². The lowest BCUT2D eigenvalue weighted by Gasteiger charge is -2.39. The van der Waals surface area contributed by atoms with Crippen LogP contribution in [0.5, 0.6) is 0 Å². The fourth-order valence-electron chi connectivity index (χ4n) is 1.89. The highest BCUT2D eigenvalue weighted by molar-refractivity contribution is 6.86. The molecule has 1 atom stereocenters. The molecule has 1 saturated heterocycles. The second-order valence-electron chi connectivity index (χ2n) is 5.73. The van der Waals surface area contributed by atoms with Crippen molar-refractivity contribution in [3.63, 3.8) is 0 Å². The predicted molar refractivity (Wildman–Crippen MR) is 79.0 cm³/mol. The summed E-state index contributed by atoms with van der Waals surface area (Å²) in [6.45, 7) is 8.97. The molecule has 0 aliphatic carbocycles. The second-order valence-corrected chi connectivity index (χ2v) is 18.5. The topological polar surface area (TPSA) is 46.2 Å². The van der Waals surface area contributed by atoms with Crippen molar-refractivity contribution in [1.29, 1.82) is 0 Å². The van der Waals surface area contributed by atoms with Gasteiger partial charge >= 0.3 is 51.9 Å². The van der Waals surface area contributed by atoms with Crippen LogP contribution in [0.25, 0.3) is 0 Å². The number of alkyl halides is 3. The van der Waals surface area contributed by atoms with E-state index in [0.717, 1.165) is 0 Å². The fourth-order valence-corrected chi connectivity index (χ4v) is 16.7. The second kappa shape index (κ2) is 7.06. The first-order valence-corrected chi connectivity index (χ1v) is 16.1. The molecule has 0 N–H and O–H groups in total. The summed E-state index contributed by atoms with van der Waals surface area (Å²) in [5.41, 5.74) is 0. The highest BCUT2D eigenvalue weighted by Gasteiger charge is 2.46. The van der Waals surface area contributed by atoms with Crippen LogP contribution in [0.3, 0.4) is 0 Å². The quantitative estimate of drug-likeness (QED) is 0.676. The van der Waals surface area contributed by atoms with E-state index in [1.54, 1.807) is 6.55 Å². The van der Waals surface area contributed by atoms with Crippen LogP contribution in [0.15, 0.2) is 0 Å². The SMILES string of the molecule is C[Si]1(C)O[Si]O[Si]O[Si](C)(CCC(F)(F)F)O[Si](C)(C)O1. The summed E-state index contributed by atoms with van der Waals surface area (Å²) in [6.07, 6.45) is -5.16. The molecule has 1 unspecified atom stereocenters. The lowest BCUT2D eigenvalue weighted by Crippen LogP contribution is -2.57. The van der Waals surface area contributed by atoms with Gasteiger partial charge in [0, 0.05) is 6.42 Å². The van der Waals surface area contributed by atoms with E-state index in [9.17, 15) is 13.2 Å². The zero-order chi connectivity index (χ0) is 16.4. The monoisotopic (exact) mass is 392 g/mol. The van der Waals surface area contributed by atoms with Crippen molar-refractivity contribution in [3.8, 4) is 0 Å². The number of rotatable bonds is 2. The molecule has 122 valence electrons. The van der Waals surface area contributed by atoms with Gasteiger partial charge in [-0.1, -0.05) is 0 Å². The van der Waals surface area contributed by atoms with E-state index in [1.165, 1.54) is 0 Å². The normalized spacial score (nSPS) is 30.9. The molecule has 0 aromatic heterocycles. The number of hydrogen-bond donors (Lipinski definition) is 0. The van der Waals surface area contributed by atoms with Gasteiger partial charge < -0.3 is 20.6 Å². The Morgan fingerprint density at radius 1 is 0.857 bits per heavy atom. The van der Waals surface area contributed by atoms with Gasteiger partial charge in [0.25, 0.3) is 0 Å². The van der Waals surface area contributed by atoms with Gasteiger partial charge in [0.05, 0.1) is 0 Å². The summed E-state index contributed by atoms with van der Waals surface area (Å²) >= 11 is 0. The summed E-state index contributed by atoms with van der Waals surface area (Å²) in [5.74, 6) is 0. The molecule has 1 fully saturated rings. The van der Waals surface area contributed by atoms with E-state index in [1.807, 2.05) is 26.2 Å². The molecule has 1 aliphatic rings. The molecule has 0 saturated carbocycles. The van der Waals surface area contributed by atoms with Gasteiger partial charge in [-0.3, -0.25) is 0 Å². The van der Waals surface area contributed by atoms with Crippen molar-refractivity contribution in [1.82, 2.24) is 0 Å². The number of hydrogen-bond acceptors (Lipinski definition) is 5. The maximum absolute atomic E-state index is 12.5. The summed E-state index contributed by atoms with van der Waals surface area (Å²) in [6, 6.07) is -0.168. The van der Waals surface area contributed by atoms with Crippen LogP contribution in [-0.4, -0.2) is 51.9 Å². The minimum absolute atomic E-state index is 0.168. The Balaban J connectivity index is 2.82.